The molecule has 1 atom stereocenters. The van der Waals surface area contributed by atoms with Gasteiger partial charge >= 0.3 is 0 Å². The van der Waals surface area contributed by atoms with Crippen molar-refractivity contribution in [2.45, 2.75) is 25.9 Å². The summed E-state index contributed by atoms with van der Waals surface area (Å²) in [5.74, 6) is 1.42. The molecule has 0 saturated carbocycles. The van der Waals surface area contributed by atoms with Crippen LogP contribution in [-0.2, 0) is 11.2 Å². The molecule has 3 aromatic rings. The Labute approximate surface area is 196 Å². The SMILES string of the molecule is Cc1cnc(NC(=O)c2cc(Oc3ccc4c(c3)CCNC4=O)cc(O[C@H]3CCOC3)c2)cn1. The van der Waals surface area contributed by atoms with E-state index >= 15 is 0 Å². The van der Waals surface area contributed by atoms with Crippen molar-refractivity contribution in [1.82, 2.24) is 15.3 Å². The van der Waals surface area contributed by atoms with Crippen molar-refractivity contribution in [1.29, 1.82) is 0 Å². The molecular weight excluding hydrogens is 436 g/mol. The summed E-state index contributed by atoms with van der Waals surface area (Å²) in [4.78, 5) is 33.3. The summed E-state index contributed by atoms with van der Waals surface area (Å²) in [6.07, 6.45) is 4.51. The lowest BCUT2D eigenvalue weighted by Gasteiger charge is -2.18. The highest BCUT2D eigenvalue weighted by molar-refractivity contribution is 6.04. The van der Waals surface area contributed by atoms with E-state index in [4.69, 9.17) is 14.2 Å². The largest absolute Gasteiger partial charge is 0.488 e. The Bertz CT molecular complexity index is 1220. The Kier molecular flexibility index (Phi) is 6.09. The van der Waals surface area contributed by atoms with Gasteiger partial charge in [-0.1, -0.05) is 0 Å². The summed E-state index contributed by atoms with van der Waals surface area (Å²) in [5.41, 5.74) is 2.68. The quantitative estimate of drug-likeness (QED) is 0.581. The molecule has 1 saturated heterocycles. The van der Waals surface area contributed by atoms with Gasteiger partial charge in [0.1, 0.15) is 23.4 Å². The zero-order chi connectivity index (χ0) is 23.5. The lowest BCUT2D eigenvalue weighted by atomic mass is 10.0. The van der Waals surface area contributed by atoms with Gasteiger partial charge in [0.15, 0.2) is 5.82 Å². The van der Waals surface area contributed by atoms with Crippen LogP contribution in [0.2, 0.25) is 0 Å². The van der Waals surface area contributed by atoms with Crippen molar-refractivity contribution in [3.63, 3.8) is 0 Å². The van der Waals surface area contributed by atoms with Crippen molar-refractivity contribution in [3.8, 4) is 17.2 Å². The minimum absolute atomic E-state index is 0.0832. The Morgan fingerprint density at radius 1 is 1.12 bits per heavy atom. The van der Waals surface area contributed by atoms with Gasteiger partial charge in [0.05, 0.1) is 31.3 Å². The number of hydrogen-bond donors (Lipinski definition) is 2. The number of fused-ring (bicyclic) bond motifs is 1. The molecule has 2 aromatic carbocycles. The average molecular weight is 460 g/mol. The predicted molar refractivity (Wildman–Crippen MR) is 124 cm³/mol. The number of rotatable bonds is 6. The molecule has 9 heteroatoms. The highest BCUT2D eigenvalue weighted by Gasteiger charge is 2.20. The van der Waals surface area contributed by atoms with E-state index in [-0.39, 0.29) is 17.9 Å². The molecule has 0 spiro atoms. The molecule has 0 unspecified atom stereocenters. The van der Waals surface area contributed by atoms with Gasteiger partial charge in [-0.05, 0) is 49.2 Å². The molecule has 34 heavy (non-hydrogen) atoms. The highest BCUT2D eigenvalue weighted by Crippen LogP contribution is 2.31. The van der Waals surface area contributed by atoms with E-state index < -0.39 is 0 Å². The molecule has 3 heterocycles. The molecular formula is C25H24N4O5. The Balaban J connectivity index is 1.41. The molecule has 2 N–H and O–H groups in total. The fraction of sp³-hybridized carbons (Fsp3) is 0.280. The number of hydrogen-bond acceptors (Lipinski definition) is 7. The number of carbonyl (C=O) groups is 2. The van der Waals surface area contributed by atoms with E-state index in [1.807, 2.05) is 13.0 Å². The van der Waals surface area contributed by atoms with Crippen molar-refractivity contribution in [2.75, 3.05) is 25.1 Å². The first-order valence-corrected chi connectivity index (χ1v) is 11.1. The average Bonchev–Trinajstić information content (AvgIpc) is 3.33. The van der Waals surface area contributed by atoms with E-state index in [1.54, 1.807) is 36.5 Å². The first-order valence-electron chi connectivity index (χ1n) is 11.1. The van der Waals surface area contributed by atoms with Crippen LogP contribution >= 0.6 is 0 Å². The van der Waals surface area contributed by atoms with Crippen molar-refractivity contribution < 1.29 is 23.8 Å². The summed E-state index contributed by atoms with van der Waals surface area (Å²) in [7, 11) is 0. The van der Waals surface area contributed by atoms with Crippen LogP contribution in [0.5, 0.6) is 17.2 Å². The summed E-state index contributed by atoms with van der Waals surface area (Å²) >= 11 is 0. The summed E-state index contributed by atoms with van der Waals surface area (Å²) < 4.78 is 17.5. The molecule has 1 aromatic heterocycles. The van der Waals surface area contributed by atoms with Crippen LogP contribution in [0.1, 0.15) is 38.4 Å². The Morgan fingerprint density at radius 3 is 2.79 bits per heavy atom. The van der Waals surface area contributed by atoms with Crippen LogP contribution < -0.4 is 20.1 Å². The van der Waals surface area contributed by atoms with Crippen LogP contribution in [-0.4, -0.2) is 47.6 Å². The molecule has 1 fully saturated rings. The van der Waals surface area contributed by atoms with Crippen molar-refractivity contribution >= 4 is 17.6 Å². The number of ether oxygens (including phenoxy) is 3. The minimum atomic E-state index is -0.363. The lowest BCUT2D eigenvalue weighted by Crippen LogP contribution is -2.31. The summed E-state index contributed by atoms with van der Waals surface area (Å²) in [5, 5.41) is 5.58. The van der Waals surface area contributed by atoms with E-state index in [0.29, 0.717) is 54.0 Å². The van der Waals surface area contributed by atoms with E-state index in [0.717, 1.165) is 24.1 Å². The van der Waals surface area contributed by atoms with Gasteiger partial charge in [-0.25, -0.2) is 4.98 Å². The van der Waals surface area contributed by atoms with Crippen LogP contribution in [0.15, 0.2) is 48.8 Å². The fourth-order valence-electron chi connectivity index (χ4n) is 3.88. The van der Waals surface area contributed by atoms with Crippen molar-refractivity contribution in [2.24, 2.45) is 0 Å². The maximum Gasteiger partial charge on any atom is 0.257 e. The topological polar surface area (TPSA) is 112 Å². The van der Waals surface area contributed by atoms with Crippen LogP contribution in [0.25, 0.3) is 0 Å². The van der Waals surface area contributed by atoms with E-state index in [9.17, 15) is 9.59 Å². The third kappa shape index (κ3) is 4.99. The second-order valence-corrected chi connectivity index (χ2v) is 8.22. The molecule has 0 radical (unpaired) electrons. The van der Waals surface area contributed by atoms with Gasteiger partial charge in [0, 0.05) is 30.2 Å². The Morgan fingerprint density at radius 2 is 2.00 bits per heavy atom. The second-order valence-electron chi connectivity index (χ2n) is 8.22. The Hall–Kier alpha value is -3.98. The van der Waals surface area contributed by atoms with E-state index in [1.165, 1.54) is 6.20 Å². The van der Waals surface area contributed by atoms with Gasteiger partial charge in [0.25, 0.3) is 11.8 Å². The van der Waals surface area contributed by atoms with Crippen LogP contribution in [0, 0.1) is 6.92 Å². The lowest BCUT2D eigenvalue weighted by molar-refractivity contribution is 0.0945. The predicted octanol–water partition coefficient (Wildman–Crippen LogP) is 3.28. The fourth-order valence-corrected chi connectivity index (χ4v) is 3.88. The normalized spacial score (nSPS) is 17.0. The number of amides is 2. The first-order chi connectivity index (χ1) is 16.5. The highest BCUT2D eigenvalue weighted by atomic mass is 16.5. The molecule has 5 rings (SSSR count). The number of carbonyl (C=O) groups excluding carboxylic acids is 2. The molecule has 0 aliphatic carbocycles. The van der Waals surface area contributed by atoms with Crippen molar-refractivity contribution in [3.05, 3.63) is 71.2 Å². The molecule has 2 aliphatic rings. The van der Waals surface area contributed by atoms with Crippen LogP contribution in [0.4, 0.5) is 5.82 Å². The number of nitrogens with zero attached hydrogens (tertiary/aromatic N) is 2. The maximum atomic E-state index is 13.0. The number of benzene rings is 2. The summed E-state index contributed by atoms with van der Waals surface area (Å²) in [6, 6.07) is 10.4. The van der Waals surface area contributed by atoms with Gasteiger partial charge in [-0.15, -0.1) is 0 Å². The number of nitrogens with one attached hydrogen (secondary N) is 2. The van der Waals surface area contributed by atoms with Gasteiger partial charge in [0.2, 0.25) is 0 Å². The third-order valence-corrected chi connectivity index (χ3v) is 5.59. The second kappa shape index (κ2) is 9.48. The number of anilines is 1. The zero-order valence-electron chi connectivity index (χ0n) is 18.7. The summed E-state index contributed by atoms with van der Waals surface area (Å²) in [6.45, 7) is 3.55. The van der Waals surface area contributed by atoms with E-state index in [2.05, 4.69) is 20.6 Å². The molecule has 2 aliphatic heterocycles. The molecule has 174 valence electrons. The van der Waals surface area contributed by atoms with Crippen LogP contribution in [0.3, 0.4) is 0 Å². The molecule has 0 bridgehead atoms. The number of aromatic nitrogens is 2. The third-order valence-electron chi connectivity index (χ3n) is 5.59. The monoisotopic (exact) mass is 460 g/mol. The van der Waals surface area contributed by atoms with Gasteiger partial charge < -0.3 is 24.8 Å². The smallest absolute Gasteiger partial charge is 0.257 e. The number of aryl methyl sites for hydroxylation is 1. The standard InChI is InChI=1S/C25H24N4O5/c1-15-12-28-23(13-27-15)29-24(30)17-9-20(11-21(10-17)34-19-5-7-32-14-19)33-18-2-3-22-16(8-18)4-6-26-25(22)31/h2-3,8-13,19H,4-7,14H2,1H3,(H,26,31)(H,28,29,30)/t19-/m0/s1. The zero-order valence-corrected chi connectivity index (χ0v) is 18.7. The maximum absolute atomic E-state index is 13.0. The van der Waals surface area contributed by atoms with Gasteiger partial charge in [-0.3, -0.25) is 14.6 Å². The molecule has 2 amide bonds. The minimum Gasteiger partial charge on any atom is -0.488 e. The molecule has 9 nitrogen and oxygen atoms in total. The first kappa shape index (κ1) is 21.8. The van der Waals surface area contributed by atoms with Gasteiger partial charge in [-0.2, -0.15) is 0 Å².